The first-order valence-corrected chi connectivity index (χ1v) is 5.77. The second kappa shape index (κ2) is 2.85. The van der Waals surface area contributed by atoms with Crippen LogP contribution in [0.2, 0.25) is 0 Å². The van der Waals surface area contributed by atoms with Crippen LogP contribution in [0.15, 0.2) is 18.2 Å². The SMILES string of the molecule is [C-]#[N+]c1ccc2c(c1)CCCC21CC1C. The van der Waals surface area contributed by atoms with Crippen molar-refractivity contribution in [3.05, 3.63) is 40.7 Å². The zero-order valence-corrected chi connectivity index (χ0v) is 9.09. The summed E-state index contributed by atoms with van der Waals surface area (Å²) in [6.45, 7) is 9.40. The molecule has 1 aromatic carbocycles. The minimum Gasteiger partial charge on any atom is -0.238 e. The van der Waals surface area contributed by atoms with Gasteiger partial charge in [0.15, 0.2) is 5.69 Å². The molecular formula is C14H15N. The molecule has 1 heteroatoms. The van der Waals surface area contributed by atoms with Crippen LogP contribution in [0.25, 0.3) is 4.85 Å². The standard InChI is InChI=1S/C14H15N/c1-10-9-14(10)7-3-4-11-8-12(15-2)5-6-13(11)14/h5-6,8,10H,3-4,7,9H2,1H3. The van der Waals surface area contributed by atoms with Crippen molar-refractivity contribution in [1.29, 1.82) is 0 Å². The molecule has 2 aliphatic carbocycles. The van der Waals surface area contributed by atoms with Crippen LogP contribution in [0.1, 0.15) is 37.3 Å². The molecule has 1 nitrogen and oxygen atoms in total. The molecule has 15 heavy (non-hydrogen) atoms. The van der Waals surface area contributed by atoms with Crippen LogP contribution in [0, 0.1) is 12.5 Å². The highest BCUT2D eigenvalue weighted by Crippen LogP contribution is 2.60. The summed E-state index contributed by atoms with van der Waals surface area (Å²) in [5.74, 6) is 0.857. The van der Waals surface area contributed by atoms with Gasteiger partial charge in [-0.15, -0.1) is 0 Å². The number of rotatable bonds is 0. The fourth-order valence-electron chi connectivity index (χ4n) is 3.28. The molecule has 0 saturated heterocycles. The van der Waals surface area contributed by atoms with Gasteiger partial charge in [0, 0.05) is 0 Å². The van der Waals surface area contributed by atoms with Crippen LogP contribution >= 0.6 is 0 Å². The molecule has 2 unspecified atom stereocenters. The van der Waals surface area contributed by atoms with Gasteiger partial charge in [-0.05, 0) is 42.6 Å². The van der Waals surface area contributed by atoms with E-state index in [0.717, 1.165) is 11.6 Å². The number of hydrogen-bond donors (Lipinski definition) is 0. The average Bonchev–Trinajstić information content (AvgIpc) is 2.89. The molecule has 2 atom stereocenters. The Morgan fingerprint density at radius 1 is 1.47 bits per heavy atom. The number of hydrogen-bond acceptors (Lipinski definition) is 0. The van der Waals surface area contributed by atoms with Crippen molar-refractivity contribution in [2.24, 2.45) is 5.92 Å². The highest BCUT2D eigenvalue weighted by molar-refractivity contribution is 5.53. The Labute approximate surface area is 90.9 Å². The minimum atomic E-state index is 0.508. The van der Waals surface area contributed by atoms with Gasteiger partial charge in [0.1, 0.15) is 0 Å². The van der Waals surface area contributed by atoms with E-state index >= 15 is 0 Å². The van der Waals surface area contributed by atoms with Crippen molar-refractivity contribution in [1.82, 2.24) is 0 Å². The van der Waals surface area contributed by atoms with E-state index in [1.807, 2.05) is 6.07 Å². The molecule has 2 aliphatic rings. The van der Waals surface area contributed by atoms with Crippen molar-refractivity contribution >= 4 is 5.69 Å². The van der Waals surface area contributed by atoms with E-state index in [2.05, 4.69) is 23.9 Å². The normalized spacial score (nSPS) is 32.1. The molecule has 1 aromatic rings. The molecule has 0 radical (unpaired) electrons. The molecule has 0 N–H and O–H groups in total. The number of aryl methyl sites for hydroxylation is 1. The summed E-state index contributed by atoms with van der Waals surface area (Å²) >= 11 is 0. The predicted molar refractivity (Wildman–Crippen MR) is 61.1 cm³/mol. The van der Waals surface area contributed by atoms with E-state index in [9.17, 15) is 0 Å². The predicted octanol–water partition coefficient (Wildman–Crippen LogP) is 3.85. The summed E-state index contributed by atoms with van der Waals surface area (Å²) in [6.07, 6.45) is 5.20. The van der Waals surface area contributed by atoms with E-state index < -0.39 is 0 Å². The van der Waals surface area contributed by atoms with Crippen LogP contribution in [0.4, 0.5) is 5.69 Å². The van der Waals surface area contributed by atoms with Gasteiger partial charge < -0.3 is 0 Å². The lowest BCUT2D eigenvalue weighted by Crippen LogP contribution is -2.17. The summed E-state index contributed by atoms with van der Waals surface area (Å²) in [5, 5.41) is 0. The van der Waals surface area contributed by atoms with Crippen LogP contribution < -0.4 is 0 Å². The van der Waals surface area contributed by atoms with Crippen LogP contribution in [-0.4, -0.2) is 0 Å². The Kier molecular flexibility index (Phi) is 1.71. The van der Waals surface area contributed by atoms with Crippen molar-refractivity contribution in [2.75, 3.05) is 0 Å². The van der Waals surface area contributed by atoms with Gasteiger partial charge in [-0.3, -0.25) is 0 Å². The largest absolute Gasteiger partial charge is 0.238 e. The van der Waals surface area contributed by atoms with E-state index in [1.165, 1.54) is 31.2 Å². The fraction of sp³-hybridized carbons (Fsp3) is 0.500. The summed E-state index contributed by atoms with van der Waals surface area (Å²) in [4.78, 5) is 3.52. The molecule has 0 bridgehead atoms. The second-order valence-corrected chi connectivity index (χ2v) is 5.07. The first-order valence-electron chi connectivity index (χ1n) is 5.77. The molecule has 1 fully saturated rings. The Bertz CT molecular complexity index is 455. The molecule has 76 valence electrons. The summed E-state index contributed by atoms with van der Waals surface area (Å²) < 4.78 is 0. The first kappa shape index (κ1) is 8.97. The van der Waals surface area contributed by atoms with E-state index in [-0.39, 0.29) is 0 Å². The summed E-state index contributed by atoms with van der Waals surface area (Å²) in [7, 11) is 0. The molecule has 0 aliphatic heterocycles. The molecule has 3 rings (SSSR count). The highest BCUT2D eigenvalue weighted by Gasteiger charge is 2.53. The number of benzene rings is 1. The fourth-order valence-corrected chi connectivity index (χ4v) is 3.28. The Morgan fingerprint density at radius 2 is 2.27 bits per heavy atom. The maximum Gasteiger partial charge on any atom is 0.187 e. The van der Waals surface area contributed by atoms with Gasteiger partial charge in [0.05, 0.1) is 6.57 Å². The molecule has 0 aromatic heterocycles. The molecule has 0 amide bonds. The Morgan fingerprint density at radius 3 is 2.93 bits per heavy atom. The van der Waals surface area contributed by atoms with Gasteiger partial charge in [-0.1, -0.05) is 30.7 Å². The summed E-state index contributed by atoms with van der Waals surface area (Å²) in [6, 6.07) is 6.31. The lowest BCUT2D eigenvalue weighted by molar-refractivity contribution is 0.509. The number of nitrogens with zero attached hydrogens (tertiary/aromatic N) is 1. The average molecular weight is 197 g/mol. The maximum absolute atomic E-state index is 7.04. The van der Waals surface area contributed by atoms with Gasteiger partial charge >= 0.3 is 0 Å². The van der Waals surface area contributed by atoms with E-state index in [0.29, 0.717) is 5.41 Å². The highest BCUT2D eigenvalue weighted by atomic mass is 14.6. The van der Waals surface area contributed by atoms with Crippen molar-refractivity contribution in [3.63, 3.8) is 0 Å². The monoisotopic (exact) mass is 197 g/mol. The van der Waals surface area contributed by atoms with E-state index in [4.69, 9.17) is 6.57 Å². The lowest BCUT2D eigenvalue weighted by atomic mass is 9.79. The van der Waals surface area contributed by atoms with Gasteiger partial charge in [-0.2, -0.15) is 0 Å². The van der Waals surface area contributed by atoms with Crippen molar-refractivity contribution in [3.8, 4) is 0 Å². The van der Waals surface area contributed by atoms with E-state index in [1.54, 1.807) is 5.56 Å². The molecule has 1 saturated carbocycles. The second-order valence-electron chi connectivity index (χ2n) is 5.07. The first-order chi connectivity index (χ1) is 7.26. The topological polar surface area (TPSA) is 4.36 Å². The molecule has 0 heterocycles. The molecular weight excluding hydrogens is 182 g/mol. The summed E-state index contributed by atoms with van der Waals surface area (Å²) in [5.41, 5.74) is 4.31. The van der Waals surface area contributed by atoms with Crippen LogP contribution in [0.5, 0.6) is 0 Å². The Hall–Kier alpha value is -1.29. The van der Waals surface area contributed by atoms with Gasteiger partial charge in [0.25, 0.3) is 0 Å². The van der Waals surface area contributed by atoms with Crippen LogP contribution in [0.3, 0.4) is 0 Å². The third-order valence-corrected chi connectivity index (χ3v) is 4.28. The zero-order chi connectivity index (χ0) is 10.5. The third kappa shape index (κ3) is 1.14. The van der Waals surface area contributed by atoms with Gasteiger partial charge in [-0.25, -0.2) is 4.85 Å². The quantitative estimate of drug-likeness (QED) is 0.556. The van der Waals surface area contributed by atoms with Crippen molar-refractivity contribution in [2.45, 2.75) is 38.0 Å². The smallest absolute Gasteiger partial charge is 0.187 e. The minimum absolute atomic E-state index is 0.508. The molecule has 1 spiro atoms. The zero-order valence-electron chi connectivity index (χ0n) is 9.09. The Balaban J connectivity index is 2.11. The van der Waals surface area contributed by atoms with Crippen molar-refractivity contribution < 1.29 is 0 Å². The van der Waals surface area contributed by atoms with Gasteiger partial charge in [0.2, 0.25) is 0 Å². The third-order valence-electron chi connectivity index (χ3n) is 4.28. The lowest BCUT2D eigenvalue weighted by Gasteiger charge is -2.26. The van der Waals surface area contributed by atoms with Crippen LogP contribution in [-0.2, 0) is 11.8 Å². The maximum atomic E-state index is 7.04. The number of fused-ring (bicyclic) bond motifs is 2.